The summed E-state index contributed by atoms with van der Waals surface area (Å²) in [6.45, 7) is 10.8. The molecule has 1 aliphatic carbocycles. The quantitative estimate of drug-likeness (QED) is 0.714. The molecule has 1 radical (unpaired) electrons. The summed E-state index contributed by atoms with van der Waals surface area (Å²) in [6.07, 6.45) is 2.55. The normalized spacial score (nSPS) is 28.1. The van der Waals surface area contributed by atoms with Crippen molar-refractivity contribution >= 4 is 9.04 Å². The van der Waals surface area contributed by atoms with E-state index in [9.17, 15) is 5.11 Å². The Balaban J connectivity index is 2.68. The fraction of sp³-hybridized carbons (Fsp3) is 0.818. The highest BCUT2D eigenvalue weighted by Gasteiger charge is 2.33. The predicted octanol–water partition coefficient (Wildman–Crippen LogP) is 2.56. The van der Waals surface area contributed by atoms with Crippen molar-refractivity contribution in [3.05, 3.63) is 11.8 Å². The zero-order chi connectivity index (χ0) is 10.9. The Kier molecular flexibility index (Phi) is 3.43. The summed E-state index contributed by atoms with van der Waals surface area (Å²) in [5.74, 6) is 1.25. The van der Waals surface area contributed by atoms with E-state index >= 15 is 0 Å². The molecule has 2 nitrogen and oxygen atoms in total. The Morgan fingerprint density at radius 1 is 1.43 bits per heavy atom. The smallest absolute Gasteiger partial charge is 0.273 e. The lowest BCUT2D eigenvalue weighted by molar-refractivity contribution is 0.141. The van der Waals surface area contributed by atoms with Gasteiger partial charge in [-0.3, -0.25) is 0 Å². The average molecular weight is 213 g/mol. The van der Waals surface area contributed by atoms with E-state index in [-0.39, 0.29) is 11.5 Å². The highest BCUT2D eigenvalue weighted by Crippen LogP contribution is 2.38. The van der Waals surface area contributed by atoms with E-state index in [1.165, 1.54) is 0 Å². The van der Waals surface area contributed by atoms with Gasteiger partial charge in [0.15, 0.2) is 0 Å². The van der Waals surface area contributed by atoms with Gasteiger partial charge in [0.05, 0.1) is 0 Å². The van der Waals surface area contributed by atoms with E-state index in [0.29, 0.717) is 5.92 Å². The molecule has 0 fully saturated rings. The molecule has 0 heterocycles. The van der Waals surface area contributed by atoms with Gasteiger partial charge in [-0.15, -0.1) is 0 Å². The summed E-state index contributed by atoms with van der Waals surface area (Å²) in [6, 6.07) is 0. The van der Waals surface area contributed by atoms with Crippen LogP contribution in [0.3, 0.4) is 0 Å². The van der Waals surface area contributed by atoms with Crippen LogP contribution in [0, 0.1) is 11.3 Å². The van der Waals surface area contributed by atoms with Crippen LogP contribution in [0.25, 0.3) is 0 Å². The maximum absolute atomic E-state index is 9.79. The van der Waals surface area contributed by atoms with Crippen LogP contribution in [0.5, 0.6) is 0 Å². The zero-order valence-electron chi connectivity index (χ0n) is 9.79. The molecule has 0 bridgehead atoms. The molecule has 0 amide bonds. The number of aliphatic hydroxyl groups is 1. The van der Waals surface area contributed by atoms with Gasteiger partial charge < -0.3 is 9.53 Å². The summed E-state index contributed by atoms with van der Waals surface area (Å²) in [7, 11) is -0.747. The van der Waals surface area contributed by atoms with Crippen LogP contribution in [0.1, 0.15) is 27.2 Å². The highest BCUT2D eigenvalue weighted by molar-refractivity contribution is 6.48. The average Bonchev–Trinajstić information content (AvgIpc) is 2.30. The first kappa shape index (κ1) is 11.8. The lowest BCUT2D eigenvalue weighted by Gasteiger charge is -2.25. The maximum atomic E-state index is 9.79. The highest BCUT2D eigenvalue weighted by atomic mass is 28.3. The molecule has 1 aliphatic rings. The summed E-state index contributed by atoms with van der Waals surface area (Å²) in [5.41, 5.74) is 0.223. The van der Waals surface area contributed by atoms with E-state index in [1.54, 1.807) is 0 Å². The van der Waals surface area contributed by atoms with Gasteiger partial charge in [-0.1, -0.05) is 20.8 Å². The van der Waals surface area contributed by atoms with Crippen LogP contribution in [-0.4, -0.2) is 20.3 Å². The number of hydrogen-bond acceptors (Lipinski definition) is 2. The van der Waals surface area contributed by atoms with Crippen LogP contribution in [0.15, 0.2) is 11.8 Å². The van der Waals surface area contributed by atoms with E-state index in [0.717, 1.165) is 12.2 Å². The third-order valence-corrected chi connectivity index (χ3v) is 3.25. The van der Waals surface area contributed by atoms with Crippen LogP contribution in [0.4, 0.5) is 0 Å². The largest absolute Gasteiger partial charge is 0.544 e. The molecule has 0 spiro atoms. The molecule has 1 rings (SSSR count). The molecule has 2 unspecified atom stereocenters. The van der Waals surface area contributed by atoms with E-state index < -0.39 is 9.04 Å². The van der Waals surface area contributed by atoms with E-state index in [4.69, 9.17) is 4.43 Å². The molecular formula is C11H21O2Si. The number of rotatable bonds is 2. The SMILES string of the molecule is C[Si](C)OC1=CC(C(C)(C)C)CC1O. The lowest BCUT2D eigenvalue weighted by Crippen LogP contribution is -2.19. The molecule has 81 valence electrons. The summed E-state index contributed by atoms with van der Waals surface area (Å²) in [4.78, 5) is 0. The van der Waals surface area contributed by atoms with Gasteiger partial charge in [0.25, 0.3) is 9.04 Å². The van der Waals surface area contributed by atoms with Gasteiger partial charge >= 0.3 is 0 Å². The Labute approximate surface area is 88.7 Å². The fourth-order valence-electron chi connectivity index (χ4n) is 1.68. The van der Waals surface area contributed by atoms with E-state index in [2.05, 4.69) is 39.9 Å². The first-order valence-electron chi connectivity index (χ1n) is 5.18. The monoisotopic (exact) mass is 213 g/mol. The van der Waals surface area contributed by atoms with Crippen molar-refractivity contribution in [1.29, 1.82) is 0 Å². The van der Waals surface area contributed by atoms with Crippen LogP contribution >= 0.6 is 0 Å². The molecule has 0 aromatic heterocycles. The first-order valence-corrected chi connectivity index (χ1v) is 7.59. The molecule has 0 aliphatic heterocycles. The van der Waals surface area contributed by atoms with Crippen molar-refractivity contribution in [2.24, 2.45) is 11.3 Å². The van der Waals surface area contributed by atoms with E-state index in [1.807, 2.05) is 0 Å². The van der Waals surface area contributed by atoms with Crippen molar-refractivity contribution < 1.29 is 9.53 Å². The fourth-order valence-corrected chi connectivity index (χ4v) is 2.35. The molecule has 0 saturated heterocycles. The molecule has 2 atom stereocenters. The van der Waals surface area contributed by atoms with Gasteiger partial charge in [0, 0.05) is 0 Å². The topological polar surface area (TPSA) is 29.5 Å². The minimum absolute atomic E-state index is 0.223. The van der Waals surface area contributed by atoms with Crippen LogP contribution in [-0.2, 0) is 4.43 Å². The predicted molar refractivity (Wildman–Crippen MR) is 60.2 cm³/mol. The van der Waals surface area contributed by atoms with Crippen molar-refractivity contribution in [2.45, 2.75) is 46.4 Å². The minimum Gasteiger partial charge on any atom is -0.544 e. The van der Waals surface area contributed by atoms with Crippen molar-refractivity contribution in [1.82, 2.24) is 0 Å². The van der Waals surface area contributed by atoms with Gasteiger partial charge in [-0.25, -0.2) is 0 Å². The number of hydrogen-bond donors (Lipinski definition) is 1. The molecular weight excluding hydrogens is 192 g/mol. The zero-order valence-corrected chi connectivity index (χ0v) is 10.8. The number of aliphatic hydroxyl groups excluding tert-OH is 1. The lowest BCUT2D eigenvalue weighted by atomic mass is 9.80. The second-order valence-electron chi connectivity index (χ2n) is 5.30. The molecule has 0 aromatic rings. The maximum Gasteiger partial charge on any atom is 0.273 e. The Bertz CT molecular complexity index is 228. The van der Waals surface area contributed by atoms with Crippen molar-refractivity contribution in [3.63, 3.8) is 0 Å². The third-order valence-electron chi connectivity index (χ3n) is 2.61. The Hall–Kier alpha value is -0.283. The Morgan fingerprint density at radius 2 is 2.00 bits per heavy atom. The Morgan fingerprint density at radius 3 is 2.36 bits per heavy atom. The van der Waals surface area contributed by atoms with Crippen LogP contribution < -0.4 is 0 Å². The van der Waals surface area contributed by atoms with Gasteiger partial charge in [0.2, 0.25) is 0 Å². The van der Waals surface area contributed by atoms with Gasteiger partial charge in [0.1, 0.15) is 11.9 Å². The van der Waals surface area contributed by atoms with Crippen molar-refractivity contribution in [2.75, 3.05) is 0 Å². The van der Waals surface area contributed by atoms with Crippen LogP contribution in [0.2, 0.25) is 13.1 Å². The molecule has 3 heteroatoms. The molecule has 0 saturated carbocycles. The van der Waals surface area contributed by atoms with Gasteiger partial charge in [-0.05, 0) is 36.9 Å². The van der Waals surface area contributed by atoms with Crippen molar-refractivity contribution in [3.8, 4) is 0 Å². The number of allylic oxidation sites excluding steroid dienone is 1. The second kappa shape index (κ2) is 4.07. The minimum atomic E-state index is -0.747. The summed E-state index contributed by atoms with van der Waals surface area (Å²) in [5, 5.41) is 9.79. The summed E-state index contributed by atoms with van der Waals surface area (Å²) >= 11 is 0. The first-order chi connectivity index (χ1) is 6.30. The molecule has 14 heavy (non-hydrogen) atoms. The second-order valence-corrected chi connectivity index (χ2v) is 7.32. The standard InChI is InChI=1S/C11H21O2Si/c1-11(2,3)8-6-9(12)10(7-8)13-14(4)5/h7-9,12H,6H2,1-5H3. The molecule has 0 aromatic carbocycles. The third kappa shape index (κ3) is 2.85. The summed E-state index contributed by atoms with van der Waals surface area (Å²) < 4.78 is 5.66. The van der Waals surface area contributed by atoms with Gasteiger partial charge in [-0.2, -0.15) is 0 Å². The molecule has 1 N–H and O–H groups in total.